The Morgan fingerprint density at radius 2 is 1.88 bits per heavy atom. The number of carboxylic acids is 1. The molecule has 3 N–H and O–H groups in total. The second-order valence-corrected chi connectivity index (χ2v) is 5.66. The van der Waals surface area contributed by atoms with Gasteiger partial charge in [-0.1, -0.05) is 0 Å². The number of carbonyl (C=O) groups is 1. The van der Waals surface area contributed by atoms with E-state index in [4.69, 9.17) is 14.6 Å². The number of nitrogens with one attached hydrogen (secondary N) is 1. The van der Waals surface area contributed by atoms with E-state index in [1.807, 2.05) is 12.1 Å². The summed E-state index contributed by atoms with van der Waals surface area (Å²) in [5, 5.41) is 19.5. The van der Waals surface area contributed by atoms with Gasteiger partial charge in [0.15, 0.2) is 11.4 Å². The maximum atomic E-state index is 12.0. The van der Waals surface area contributed by atoms with E-state index in [0.717, 1.165) is 17.7 Å². The second kappa shape index (κ2) is 5.55. The molecule has 0 bridgehead atoms. The highest BCUT2D eigenvalue weighted by Crippen LogP contribution is 2.33. The maximum Gasteiger partial charge on any atom is 0.356 e. The third kappa shape index (κ3) is 2.55. The number of hydrogen-bond donors (Lipinski definition) is 3. The normalized spacial score (nSPS) is 12.6. The lowest BCUT2D eigenvalue weighted by Crippen LogP contribution is -2.13. The van der Waals surface area contributed by atoms with E-state index in [2.05, 4.69) is 4.98 Å². The number of ether oxygens (including phenoxy) is 2. The van der Waals surface area contributed by atoms with Gasteiger partial charge in [0.25, 0.3) is 5.56 Å². The minimum atomic E-state index is -1.42. The molecule has 7 nitrogen and oxygen atoms in total. The number of H-pyrrole nitrogens is 1. The monoisotopic (exact) mass is 339 g/mol. The van der Waals surface area contributed by atoms with Crippen LogP contribution in [-0.2, 0) is 6.42 Å². The Kier molecular flexibility index (Phi) is 3.35. The molecule has 2 heterocycles. The van der Waals surface area contributed by atoms with Crippen LogP contribution in [0.25, 0.3) is 10.8 Å². The highest BCUT2D eigenvalue weighted by molar-refractivity contribution is 5.98. The number of hydrogen-bond acceptors (Lipinski definition) is 5. The Balaban J connectivity index is 1.77. The van der Waals surface area contributed by atoms with E-state index in [1.165, 1.54) is 12.1 Å². The van der Waals surface area contributed by atoms with Crippen molar-refractivity contribution in [2.24, 2.45) is 0 Å². The zero-order valence-electron chi connectivity index (χ0n) is 12.9. The smallest absolute Gasteiger partial charge is 0.356 e. The molecule has 0 radical (unpaired) electrons. The topological polar surface area (TPSA) is 109 Å². The van der Waals surface area contributed by atoms with Crippen LogP contribution >= 0.6 is 0 Å². The van der Waals surface area contributed by atoms with E-state index >= 15 is 0 Å². The summed E-state index contributed by atoms with van der Waals surface area (Å²) in [4.78, 5) is 25.3. The summed E-state index contributed by atoms with van der Waals surface area (Å²) in [5.74, 6) is -0.118. The standard InChI is InChI=1S/C18H13NO6/c20-16-13-8-11(1-3-12(13)17(21)19-15(16)18(22)23)25-10-2-4-14-9(7-10)5-6-24-14/h1-4,7-8,20H,5-6H2,(H,19,21)(H,22,23). The van der Waals surface area contributed by atoms with E-state index < -0.39 is 23.0 Å². The molecule has 1 aliphatic heterocycles. The molecule has 4 rings (SSSR count). The van der Waals surface area contributed by atoms with Gasteiger partial charge < -0.3 is 24.7 Å². The van der Waals surface area contributed by atoms with E-state index in [9.17, 15) is 14.7 Å². The minimum absolute atomic E-state index is 0.114. The quantitative estimate of drug-likeness (QED) is 0.677. The molecule has 126 valence electrons. The Morgan fingerprint density at radius 3 is 2.68 bits per heavy atom. The highest BCUT2D eigenvalue weighted by Gasteiger charge is 2.17. The number of carboxylic acid groups (broad SMARTS) is 1. The Hall–Kier alpha value is -3.48. The van der Waals surface area contributed by atoms with Gasteiger partial charge in [0.2, 0.25) is 0 Å². The predicted molar refractivity (Wildman–Crippen MR) is 88.9 cm³/mol. The molecule has 0 amide bonds. The zero-order chi connectivity index (χ0) is 17.6. The molecule has 1 aliphatic rings. The lowest BCUT2D eigenvalue weighted by Gasteiger charge is -2.09. The first-order chi connectivity index (χ1) is 12.0. The van der Waals surface area contributed by atoms with Crippen molar-refractivity contribution < 1.29 is 24.5 Å². The first-order valence-corrected chi connectivity index (χ1v) is 7.59. The lowest BCUT2D eigenvalue weighted by atomic mass is 10.1. The van der Waals surface area contributed by atoms with Gasteiger partial charge in [0.1, 0.15) is 17.2 Å². The van der Waals surface area contributed by atoms with Gasteiger partial charge in [0.05, 0.1) is 12.0 Å². The summed E-state index contributed by atoms with van der Waals surface area (Å²) in [7, 11) is 0. The van der Waals surface area contributed by atoms with Gasteiger partial charge in [-0.15, -0.1) is 0 Å². The van der Waals surface area contributed by atoms with E-state index in [-0.39, 0.29) is 10.8 Å². The summed E-state index contributed by atoms with van der Waals surface area (Å²) in [6, 6.07) is 9.95. The van der Waals surface area contributed by atoms with Crippen LogP contribution in [0.1, 0.15) is 16.1 Å². The summed E-state index contributed by atoms with van der Waals surface area (Å²) < 4.78 is 11.2. The molecular weight excluding hydrogens is 326 g/mol. The van der Waals surface area contributed by atoms with Crippen molar-refractivity contribution in [1.82, 2.24) is 4.98 Å². The number of aromatic amines is 1. The second-order valence-electron chi connectivity index (χ2n) is 5.66. The predicted octanol–water partition coefficient (Wildman–Crippen LogP) is 2.66. The summed E-state index contributed by atoms with van der Waals surface area (Å²) in [6.45, 7) is 0.642. The van der Waals surface area contributed by atoms with E-state index in [1.54, 1.807) is 12.1 Å². The molecule has 3 aromatic rings. The van der Waals surface area contributed by atoms with Crippen LogP contribution in [0.3, 0.4) is 0 Å². The first kappa shape index (κ1) is 15.1. The van der Waals surface area contributed by atoms with Crippen LogP contribution in [0.5, 0.6) is 23.0 Å². The molecule has 0 aliphatic carbocycles. The maximum absolute atomic E-state index is 12.0. The average molecular weight is 339 g/mol. The molecule has 25 heavy (non-hydrogen) atoms. The summed E-state index contributed by atoms with van der Waals surface area (Å²) in [5.41, 5.74) is -0.0958. The fourth-order valence-electron chi connectivity index (χ4n) is 2.87. The fourth-order valence-corrected chi connectivity index (χ4v) is 2.87. The van der Waals surface area contributed by atoms with Crippen LogP contribution in [0, 0.1) is 0 Å². The van der Waals surface area contributed by atoms with Crippen molar-refractivity contribution in [2.45, 2.75) is 6.42 Å². The number of benzene rings is 2. The molecule has 7 heteroatoms. The van der Waals surface area contributed by atoms with Crippen LogP contribution in [0.4, 0.5) is 0 Å². The van der Waals surface area contributed by atoms with Gasteiger partial charge in [-0.05, 0) is 36.4 Å². The van der Waals surface area contributed by atoms with Crippen LogP contribution in [0.15, 0.2) is 41.2 Å². The van der Waals surface area contributed by atoms with Gasteiger partial charge in [0, 0.05) is 17.4 Å². The summed E-state index contributed by atoms with van der Waals surface area (Å²) in [6.07, 6.45) is 0.808. The van der Waals surface area contributed by atoms with Crippen molar-refractivity contribution in [1.29, 1.82) is 0 Å². The molecule has 0 saturated heterocycles. The van der Waals surface area contributed by atoms with Gasteiger partial charge >= 0.3 is 5.97 Å². The minimum Gasteiger partial charge on any atom is -0.505 e. The molecule has 1 aromatic heterocycles. The largest absolute Gasteiger partial charge is 0.505 e. The van der Waals surface area contributed by atoms with Crippen molar-refractivity contribution in [3.8, 4) is 23.0 Å². The van der Waals surface area contributed by atoms with Crippen LogP contribution in [-0.4, -0.2) is 27.8 Å². The number of aromatic carboxylic acids is 1. The van der Waals surface area contributed by atoms with Crippen LogP contribution in [0.2, 0.25) is 0 Å². The third-order valence-electron chi connectivity index (χ3n) is 4.08. The Labute approximate surface area is 141 Å². The summed E-state index contributed by atoms with van der Waals surface area (Å²) >= 11 is 0. The number of rotatable bonds is 3. The Bertz CT molecular complexity index is 1070. The molecule has 0 spiro atoms. The molecule has 0 unspecified atom stereocenters. The number of pyridine rings is 1. The number of aromatic hydroxyl groups is 1. The van der Waals surface area contributed by atoms with E-state index in [0.29, 0.717) is 18.1 Å². The highest BCUT2D eigenvalue weighted by atomic mass is 16.5. The molecular formula is C18H13NO6. The fraction of sp³-hybridized carbons (Fsp3) is 0.111. The third-order valence-corrected chi connectivity index (χ3v) is 4.08. The number of fused-ring (bicyclic) bond motifs is 2. The van der Waals surface area contributed by atoms with Gasteiger partial charge in [-0.25, -0.2) is 4.79 Å². The van der Waals surface area contributed by atoms with Crippen molar-refractivity contribution in [3.05, 3.63) is 58.0 Å². The molecule has 0 fully saturated rings. The number of aromatic nitrogens is 1. The van der Waals surface area contributed by atoms with Crippen molar-refractivity contribution in [2.75, 3.05) is 6.61 Å². The Morgan fingerprint density at radius 1 is 1.12 bits per heavy atom. The SMILES string of the molecule is O=C(O)c1[nH]c(=O)c2ccc(Oc3ccc4c(c3)CCO4)cc2c1O. The van der Waals surface area contributed by atoms with Gasteiger partial charge in [-0.2, -0.15) is 0 Å². The van der Waals surface area contributed by atoms with Crippen molar-refractivity contribution >= 4 is 16.7 Å². The van der Waals surface area contributed by atoms with Gasteiger partial charge in [-0.3, -0.25) is 4.79 Å². The first-order valence-electron chi connectivity index (χ1n) is 7.59. The lowest BCUT2D eigenvalue weighted by molar-refractivity contribution is 0.0687. The average Bonchev–Trinajstić information content (AvgIpc) is 3.05. The zero-order valence-corrected chi connectivity index (χ0v) is 12.9. The molecule has 0 saturated carbocycles. The van der Waals surface area contributed by atoms with Crippen LogP contribution < -0.4 is 15.0 Å². The molecule has 2 aromatic carbocycles. The van der Waals surface area contributed by atoms with Crippen molar-refractivity contribution in [3.63, 3.8) is 0 Å². The molecule has 0 atom stereocenters.